The number of cyclic esters (lactones) is 1. The van der Waals surface area contributed by atoms with E-state index in [2.05, 4.69) is 21.2 Å². The third kappa shape index (κ3) is 6.08. The minimum Gasteiger partial charge on any atom is -0.460 e. The lowest BCUT2D eigenvalue weighted by molar-refractivity contribution is -0.158. The van der Waals surface area contributed by atoms with Crippen LogP contribution in [-0.2, 0) is 28.7 Å². The van der Waals surface area contributed by atoms with Gasteiger partial charge in [0.25, 0.3) is 5.91 Å². The van der Waals surface area contributed by atoms with Gasteiger partial charge in [0, 0.05) is 30.6 Å². The van der Waals surface area contributed by atoms with Crippen LogP contribution in [0.4, 0.5) is 5.69 Å². The van der Waals surface area contributed by atoms with Crippen molar-refractivity contribution < 1.29 is 33.8 Å². The van der Waals surface area contributed by atoms with Crippen LogP contribution in [0.3, 0.4) is 0 Å². The number of carbonyl (C=O) groups is 4. The van der Waals surface area contributed by atoms with E-state index in [1.165, 1.54) is 0 Å². The number of amides is 3. The number of rotatable bonds is 7. The van der Waals surface area contributed by atoms with Crippen molar-refractivity contribution in [2.75, 3.05) is 31.1 Å². The molecular formula is C32H39BrClN3O7. The third-order valence-corrected chi connectivity index (χ3v) is 9.85. The number of anilines is 1. The smallest absolute Gasteiger partial charge is 0.313 e. The number of aliphatic hydroxyl groups is 1. The highest BCUT2D eigenvalue weighted by Gasteiger charge is 2.75. The normalized spacial score (nSPS) is 31.6. The summed E-state index contributed by atoms with van der Waals surface area (Å²) in [6.45, 7) is 4.21. The molecule has 10 nitrogen and oxygen atoms in total. The van der Waals surface area contributed by atoms with E-state index in [4.69, 9.17) is 21.1 Å². The zero-order valence-electron chi connectivity index (χ0n) is 25.0. The van der Waals surface area contributed by atoms with Gasteiger partial charge < -0.3 is 29.7 Å². The van der Waals surface area contributed by atoms with Crippen molar-refractivity contribution in [3.05, 3.63) is 51.5 Å². The summed E-state index contributed by atoms with van der Waals surface area (Å²) >= 11 is 10.3. The number of esters is 1. The number of halogens is 2. The van der Waals surface area contributed by atoms with Gasteiger partial charge in [0.15, 0.2) is 0 Å². The SMILES string of the molecule is Cc1cccc(Cl)c1N1C/C=C\CCC(=O)NC[C@@H](C)OC(=O)[C@@H]2[C@H]3O[C@@]4(C=C3Br)[C@H](C1=O)N(CCCCCCO)C(=O)[C@@H]24. The molecule has 4 heterocycles. The van der Waals surface area contributed by atoms with E-state index in [1.807, 2.05) is 31.2 Å². The number of benzene rings is 1. The fourth-order valence-electron chi connectivity index (χ4n) is 6.83. The molecule has 2 fully saturated rings. The molecule has 0 aromatic heterocycles. The lowest BCUT2D eigenvalue weighted by Gasteiger charge is -2.36. The topological polar surface area (TPSA) is 125 Å². The van der Waals surface area contributed by atoms with Crippen LogP contribution in [0, 0.1) is 18.8 Å². The predicted octanol–water partition coefficient (Wildman–Crippen LogP) is 3.81. The first-order valence-corrected chi connectivity index (χ1v) is 16.4. The van der Waals surface area contributed by atoms with Crippen molar-refractivity contribution in [1.82, 2.24) is 10.2 Å². The summed E-state index contributed by atoms with van der Waals surface area (Å²) in [5.74, 6) is -3.44. The van der Waals surface area contributed by atoms with Crippen LogP contribution in [-0.4, -0.2) is 83.8 Å². The van der Waals surface area contributed by atoms with Gasteiger partial charge in [0.2, 0.25) is 11.8 Å². The van der Waals surface area contributed by atoms with Gasteiger partial charge in [-0.15, -0.1) is 0 Å². The van der Waals surface area contributed by atoms with E-state index in [1.54, 1.807) is 28.9 Å². The van der Waals surface area contributed by atoms with Gasteiger partial charge in [-0.25, -0.2) is 0 Å². The average Bonchev–Trinajstić information content (AvgIpc) is 3.57. The lowest BCUT2D eigenvalue weighted by atomic mass is 9.74. The Bertz CT molecular complexity index is 1350. The third-order valence-electron chi connectivity index (χ3n) is 8.86. The molecule has 1 spiro atoms. The number of nitrogens with one attached hydrogen (secondary N) is 1. The first kappa shape index (κ1) is 32.7. The molecule has 12 heteroatoms. The van der Waals surface area contributed by atoms with Crippen LogP contribution >= 0.6 is 27.5 Å². The molecule has 3 amide bonds. The van der Waals surface area contributed by atoms with Gasteiger partial charge in [-0.2, -0.15) is 0 Å². The number of hydrogen-bond donors (Lipinski definition) is 2. The quantitative estimate of drug-likeness (QED) is 0.253. The standard InChI is InChI=1S/C32H39BrClN3O7/c1-19-11-10-12-22(34)26(19)36-14-8-5-6-13-23(39)35-18-20(2)43-31(42)24-25-29(40)37(15-7-3-4-9-16-38)28(30(36)41)32(25)17-21(33)27(24)44-32/h5,8,10-12,17,20,24-25,27-28,38H,3-4,6-7,9,13-16,18H2,1-2H3,(H,35,39)/b8-5-/t20-,24+,25-,27+,28+,32-/m1/s1. The molecule has 44 heavy (non-hydrogen) atoms. The highest BCUT2D eigenvalue weighted by atomic mass is 79.9. The number of nitrogens with zero attached hydrogens (tertiary/aromatic N) is 2. The maximum absolute atomic E-state index is 14.9. The number of aryl methyl sites for hydroxylation is 1. The van der Waals surface area contributed by atoms with E-state index in [9.17, 15) is 24.3 Å². The van der Waals surface area contributed by atoms with E-state index in [0.717, 1.165) is 18.4 Å². The average molecular weight is 693 g/mol. The second-order valence-electron chi connectivity index (χ2n) is 11.9. The zero-order chi connectivity index (χ0) is 31.6. The molecule has 1 aromatic rings. The molecule has 4 aliphatic heterocycles. The summed E-state index contributed by atoms with van der Waals surface area (Å²) in [7, 11) is 0. The van der Waals surface area contributed by atoms with Crippen LogP contribution in [0.1, 0.15) is 51.0 Å². The van der Waals surface area contributed by atoms with E-state index < -0.39 is 41.7 Å². The number of ether oxygens (including phenoxy) is 2. The van der Waals surface area contributed by atoms with Crippen LogP contribution in [0.2, 0.25) is 5.02 Å². The largest absolute Gasteiger partial charge is 0.460 e. The summed E-state index contributed by atoms with van der Waals surface area (Å²) in [6.07, 6.45) is 7.53. The highest BCUT2D eigenvalue weighted by Crippen LogP contribution is 2.59. The molecule has 0 saturated carbocycles. The zero-order valence-corrected chi connectivity index (χ0v) is 27.3. The number of para-hydroxylation sites is 1. The molecule has 2 saturated heterocycles. The second kappa shape index (κ2) is 13.7. The lowest BCUT2D eigenvalue weighted by Crippen LogP contribution is -2.56. The van der Waals surface area contributed by atoms with Gasteiger partial charge in [0.1, 0.15) is 29.8 Å². The molecule has 0 aliphatic carbocycles. The van der Waals surface area contributed by atoms with E-state index in [-0.39, 0.29) is 50.4 Å². The number of carbonyl (C=O) groups excluding carboxylic acids is 4. The molecule has 2 N–H and O–H groups in total. The molecule has 0 unspecified atom stereocenters. The number of aliphatic hydroxyl groups excluding tert-OH is 1. The van der Waals surface area contributed by atoms with Crippen LogP contribution in [0.15, 0.2) is 40.9 Å². The second-order valence-corrected chi connectivity index (χ2v) is 13.2. The summed E-state index contributed by atoms with van der Waals surface area (Å²) in [4.78, 5) is 58.5. The van der Waals surface area contributed by atoms with Gasteiger partial charge >= 0.3 is 5.97 Å². The molecule has 6 atom stereocenters. The van der Waals surface area contributed by atoms with Crippen molar-refractivity contribution >= 4 is 56.9 Å². The molecule has 5 rings (SSSR count). The van der Waals surface area contributed by atoms with Crippen molar-refractivity contribution in [1.29, 1.82) is 0 Å². The summed E-state index contributed by atoms with van der Waals surface area (Å²) < 4.78 is 12.9. The Kier molecular flexibility index (Phi) is 10.2. The Morgan fingerprint density at radius 1 is 1.11 bits per heavy atom. The van der Waals surface area contributed by atoms with Crippen molar-refractivity contribution in [2.45, 2.75) is 76.2 Å². The first-order chi connectivity index (χ1) is 21.1. The summed E-state index contributed by atoms with van der Waals surface area (Å²) in [6, 6.07) is 4.33. The van der Waals surface area contributed by atoms with E-state index in [0.29, 0.717) is 34.5 Å². The molecule has 1 aromatic carbocycles. The summed E-state index contributed by atoms with van der Waals surface area (Å²) in [5, 5.41) is 12.4. The Hall–Kier alpha value is -2.73. The number of likely N-dealkylation sites (tertiary alicyclic amines) is 1. The molecule has 5 bridgehead atoms. The Morgan fingerprint density at radius 3 is 2.64 bits per heavy atom. The number of fused-ring (bicyclic) bond motifs is 2. The van der Waals surface area contributed by atoms with E-state index >= 15 is 0 Å². The van der Waals surface area contributed by atoms with Crippen LogP contribution < -0.4 is 10.2 Å². The molecule has 4 aliphatic rings. The number of unbranched alkanes of at least 4 members (excludes halogenated alkanes) is 3. The molecule has 0 radical (unpaired) electrons. The van der Waals surface area contributed by atoms with Crippen molar-refractivity contribution in [3.8, 4) is 0 Å². The van der Waals surface area contributed by atoms with Crippen molar-refractivity contribution in [2.24, 2.45) is 11.8 Å². The maximum atomic E-state index is 14.9. The fourth-order valence-corrected chi connectivity index (χ4v) is 7.89. The Labute approximate surface area is 270 Å². The van der Waals surface area contributed by atoms with Gasteiger partial charge in [0.05, 0.1) is 23.2 Å². The first-order valence-electron chi connectivity index (χ1n) is 15.3. The van der Waals surface area contributed by atoms with Crippen LogP contribution in [0.25, 0.3) is 0 Å². The summed E-state index contributed by atoms with van der Waals surface area (Å²) in [5.41, 5.74) is -0.0908. The number of allylic oxidation sites excluding steroid dienone is 1. The molecular weight excluding hydrogens is 654 g/mol. The van der Waals surface area contributed by atoms with Gasteiger partial charge in [-0.05, 0) is 50.8 Å². The van der Waals surface area contributed by atoms with Gasteiger partial charge in [-0.1, -0.05) is 64.7 Å². The number of hydrogen-bond acceptors (Lipinski definition) is 7. The van der Waals surface area contributed by atoms with Crippen molar-refractivity contribution in [3.63, 3.8) is 0 Å². The monoisotopic (exact) mass is 691 g/mol. The molecule has 238 valence electrons. The fraction of sp³-hybridized carbons (Fsp3) is 0.562. The highest BCUT2D eigenvalue weighted by molar-refractivity contribution is 9.11. The van der Waals surface area contributed by atoms with Gasteiger partial charge in [-0.3, -0.25) is 19.2 Å². The maximum Gasteiger partial charge on any atom is 0.313 e. The minimum absolute atomic E-state index is 0.0918. The Balaban J connectivity index is 1.60. The van der Waals surface area contributed by atoms with Crippen LogP contribution in [0.5, 0.6) is 0 Å². The minimum atomic E-state index is -1.39. The Morgan fingerprint density at radius 2 is 1.89 bits per heavy atom. The predicted molar refractivity (Wildman–Crippen MR) is 168 cm³/mol.